The van der Waals surface area contributed by atoms with Crippen LogP contribution in [0.5, 0.6) is 0 Å². The average molecular weight is 488 g/mol. The van der Waals surface area contributed by atoms with E-state index >= 15 is 0 Å². The highest BCUT2D eigenvalue weighted by Gasteiger charge is 2.31. The number of aromatic nitrogens is 1. The van der Waals surface area contributed by atoms with E-state index in [0.29, 0.717) is 34.3 Å². The maximum Gasteiger partial charge on any atom is 0.419 e. The van der Waals surface area contributed by atoms with Crippen molar-refractivity contribution in [1.82, 2.24) is 4.57 Å². The summed E-state index contributed by atoms with van der Waals surface area (Å²) in [4.78, 5) is 25.4. The molecule has 0 amide bonds. The van der Waals surface area contributed by atoms with Gasteiger partial charge in [0.15, 0.2) is 0 Å². The van der Waals surface area contributed by atoms with Gasteiger partial charge in [0.05, 0.1) is 18.2 Å². The van der Waals surface area contributed by atoms with Crippen molar-refractivity contribution < 1.29 is 28.2 Å². The number of hydrogen-bond donors (Lipinski definition) is 2. The van der Waals surface area contributed by atoms with Gasteiger partial charge in [0.2, 0.25) is 0 Å². The molecule has 0 atom stereocenters. The first-order valence-corrected chi connectivity index (χ1v) is 12.0. The lowest BCUT2D eigenvalue weighted by molar-refractivity contribution is 0.0544. The lowest BCUT2D eigenvalue weighted by Gasteiger charge is -2.39. The van der Waals surface area contributed by atoms with Gasteiger partial charge in [-0.1, -0.05) is 15.9 Å². The molecule has 1 aromatic heterocycles. The maximum atomic E-state index is 12.9. The zero-order valence-electron chi connectivity index (χ0n) is 16.9. The van der Waals surface area contributed by atoms with E-state index in [4.69, 9.17) is 9.47 Å². The Morgan fingerprint density at radius 2 is 1.83 bits per heavy atom. The number of ether oxygens (including phenoxy) is 2. The fourth-order valence-electron chi connectivity index (χ4n) is 3.62. The van der Waals surface area contributed by atoms with Crippen LogP contribution in [0.25, 0.3) is 10.9 Å². The number of rotatable bonds is 2. The molecule has 3 rings (SSSR count). The number of carbonyl (C=O) groups excluding carboxylic acids is 2. The Hall–Kier alpha value is -1.55. The monoisotopic (exact) mass is 487 g/mol. The van der Waals surface area contributed by atoms with Crippen molar-refractivity contribution >= 4 is 49.5 Å². The fourth-order valence-corrected chi connectivity index (χ4v) is 5.60. The van der Waals surface area contributed by atoms with E-state index in [0.717, 1.165) is 10.9 Å². The SMILES string of the molecule is COC(=O)c1cc(Br)cc2c(C3CCS(O)(O)CC3)cn(C(=O)OC(C)(C)C)c12. The molecule has 0 saturated carbocycles. The van der Waals surface area contributed by atoms with Crippen molar-refractivity contribution in [3.8, 4) is 0 Å². The Kier molecular flexibility index (Phi) is 6.06. The van der Waals surface area contributed by atoms with Crippen LogP contribution in [0.1, 0.15) is 55.5 Å². The van der Waals surface area contributed by atoms with E-state index in [1.54, 1.807) is 33.0 Å². The lowest BCUT2D eigenvalue weighted by atomic mass is 9.92. The normalized spacial score (nSPS) is 18.4. The minimum atomic E-state index is -2.53. The van der Waals surface area contributed by atoms with Gasteiger partial charge in [-0.05, 0) is 57.2 Å². The average Bonchev–Trinajstić information content (AvgIpc) is 2.98. The predicted octanol–water partition coefficient (Wildman–Crippen LogP) is 5.60. The van der Waals surface area contributed by atoms with E-state index in [1.807, 2.05) is 6.07 Å². The molecule has 0 bridgehead atoms. The van der Waals surface area contributed by atoms with Crippen molar-refractivity contribution in [3.63, 3.8) is 0 Å². The third-order valence-corrected chi connectivity index (χ3v) is 7.15. The highest BCUT2D eigenvalue weighted by Crippen LogP contribution is 2.49. The van der Waals surface area contributed by atoms with Crippen LogP contribution < -0.4 is 0 Å². The van der Waals surface area contributed by atoms with Gasteiger partial charge < -0.3 is 9.47 Å². The molecule has 1 aromatic carbocycles. The second-order valence-electron chi connectivity index (χ2n) is 8.26. The molecule has 29 heavy (non-hydrogen) atoms. The van der Waals surface area contributed by atoms with Crippen LogP contribution in [0, 0.1) is 0 Å². The zero-order valence-corrected chi connectivity index (χ0v) is 19.3. The Labute approximate surface area is 179 Å². The van der Waals surface area contributed by atoms with Crippen molar-refractivity contribution in [2.45, 2.75) is 45.1 Å². The number of fused-ring (bicyclic) bond motifs is 1. The summed E-state index contributed by atoms with van der Waals surface area (Å²) in [5, 5.41) is 0.744. The number of methoxy groups -OCH3 is 1. The van der Waals surface area contributed by atoms with Gasteiger partial charge in [-0.2, -0.15) is 10.6 Å². The van der Waals surface area contributed by atoms with Crippen molar-refractivity contribution in [2.24, 2.45) is 0 Å². The summed E-state index contributed by atoms with van der Waals surface area (Å²) in [6.07, 6.45) is 2.31. The van der Waals surface area contributed by atoms with Gasteiger partial charge in [-0.25, -0.2) is 9.59 Å². The lowest BCUT2D eigenvalue weighted by Crippen LogP contribution is -2.27. The minimum absolute atomic E-state index is 0.0425. The molecule has 2 aromatic rings. The Bertz CT molecular complexity index is 952. The van der Waals surface area contributed by atoms with E-state index in [-0.39, 0.29) is 11.5 Å². The van der Waals surface area contributed by atoms with E-state index in [9.17, 15) is 18.7 Å². The smallest absolute Gasteiger partial charge is 0.419 e. The summed E-state index contributed by atoms with van der Waals surface area (Å²) in [7, 11) is -1.23. The Morgan fingerprint density at radius 3 is 2.38 bits per heavy atom. The summed E-state index contributed by atoms with van der Waals surface area (Å²) in [6.45, 7) is 5.34. The van der Waals surface area contributed by atoms with E-state index in [1.165, 1.54) is 11.7 Å². The first kappa shape index (κ1) is 22.1. The van der Waals surface area contributed by atoms with Crippen LogP contribution in [0.15, 0.2) is 22.8 Å². The third-order valence-electron chi connectivity index (χ3n) is 4.92. The summed E-state index contributed by atoms with van der Waals surface area (Å²) in [6, 6.07) is 3.49. The minimum Gasteiger partial charge on any atom is -0.465 e. The number of carbonyl (C=O) groups is 2. The van der Waals surface area contributed by atoms with Crippen LogP contribution in [-0.2, 0) is 9.47 Å². The highest BCUT2D eigenvalue weighted by molar-refractivity contribution is 9.10. The fraction of sp³-hybridized carbons (Fsp3) is 0.500. The van der Waals surface area contributed by atoms with E-state index in [2.05, 4.69) is 15.9 Å². The first-order chi connectivity index (χ1) is 13.4. The molecular formula is C20H26BrNO6S. The molecule has 0 aliphatic carbocycles. The molecule has 1 fully saturated rings. The number of hydrogen-bond acceptors (Lipinski definition) is 6. The molecule has 2 N–H and O–H groups in total. The maximum absolute atomic E-state index is 12.9. The number of halogens is 1. The second-order valence-corrected chi connectivity index (χ2v) is 11.6. The van der Waals surface area contributed by atoms with Gasteiger partial charge in [0, 0.05) is 27.6 Å². The predicted molar refractivity (Wildman–Crippen MR) is 117 cm³/mol. The van der Waals surface area contributed by atoms with Crippen molar-refractivity contribution in [3.05, 3.63) is 33.9 Å². The van der Waals surface area contributed by atoms with Crippen LogP contribution in [0.3, 0.4) is 0 Å². The van der Waals surface area contributed by atoms with Gasteiger partial charge in [0.1, 0.15) is 5.60 Å². The molecular weight excluding hydrogens is 462 g/mol. The summed E-state index contributed by atoms with van der Waals surface area (Å²) in [5.74, 6) is 0.146. The van der Waals surface area contributed by atoms with Crippen molar-refractivity contribution in [1.29, 1.82) is 0 Å². The third kappa shape index (κ3) is 4.79. The van der Waals surface area contributed by atoms with Gasteiger partial charge in [-0.3, -0.25) is 13.7 Å². The molecule has 2 heterocycles. The Morgan fingerprint density at radius 1 is 1.21 bits per heavy atom. The molecule has 0 spiro atoms. The molecule has 1 aliphatic rings. The standard InChI is InChI=1S/C20H26BrNO6S/c1-20(2,3)28-19(24)22-11-16(12-5-7-29(25,26)8-6-12)14-9-13(21)10-15(17(14)22)18(23)27-4/h9-12,25-26H,5-8H2,1-4H3. The number of esters is 1. The van der Waals surface area contributed by atoms with E-state index < -0.39 is 28.3 Å². The van der Waals surface area contributed by atoms with Gasteiger partial charge in [0.25, 0.3) is 0 Å². The number of nitrogens with zero attached hydrogens (tertiary/aromatic N) is 1. The summed E-state index contributed by atoms with van der Waals surface area (Å²) in [5.41, 5.74) is 0.874. The Balaban J connectivity index is 2.19. The molecule has 9 heteroatoms. The van der Waals surface area contributed by atoms with Crippen LogP contribution in [0.4, 0.5) is 4.79 Å². The molecule has 1 saturated heterocycles. The molecule has 0 radical (unpaired) electrons. The molecule has 0 unspecified atom stereocenters. The topological polar surface area (TPSA) is 98.0 Å². The summed E-state index contributed by atoms with van der Waals surface area (Å²) >= 11 is 3.44. The van der Waals surface area contributed by atoms with Gasteiger partial charge in [-0.15, -0.1) is 0 Å². The van der Waals surface area contributed by atoms with Crippen molar-refractivity contribution in [2.75, 3.05) is 18.6 Å². The quantitative estimate of drug-likeness (QED) is 0.534. The van der Waals surface area contributed by atoms with Crippen LogP contribution >= 0.6 is 26.5 Å². The first-order valence-electron chi connectivity index (χ1n) is 9.31. The van der Waals surface area contributed by atoms with Gasteiger partial charge >= 0.3 is 12.1 Å². The molecule has 7 nitrogen and oxygen atoms in total. The van der Waals surface area contributed by atoms with Crippen LogP contribution in [0.2, 0.25) is 0 Å². The zero-order chi connectivity index (χ0) is 21.6. The second kappa shape index (κ2) is 7.94. The number of benzene rings is 1. The largest absolute Gasteiger partial charge is 0.465 e. The highest BCUT2D eigenvalue weighted by atomic mass is 79.9. The summed E-state index contributed by atoms with van der Waals surface area (Å²) < 4.78 is 32.4. The molecule has 1 aliphatic heterocycles. The molecule has 160 valence electrons. The van der Waals surface area contributed by atoms with Crippen LogP contribution in [-0.4, -0.2) is 50.0 Å².